The van der Waals surface area contributed by atoms with Crippen molar-refractivity contribution in [2.75, 3.05) is 0 Å². The van der Waals surface area contributed by atoms with Crippen LogP contribution >= 0.6 is 23.2 Å². The molecule has 0 aliphatic rings. The molecule has 6 heteroatoms. The molecular weight excluding hydrogens is 266 g/mol. The lowest BCUT2D eigenvalue weighted by Crippen LogP contribution is -2.07. The highest BCUT2D eigenvalue weighted by molar-refractivity contribution is 6.32. The molecule has 1 N–H and O–H groups in total. The van der Waals surface area contributed by atoms with Gasteiger partial charge < -0.3 is 5.11 Å². The maximum atomic E-state index is 12.9. The summed E-state index contributed by atoms with van der Waals surface area (Å²) in [7, 11) is 1.65. The van der Waals surface area contributed by atoms with Crippen LogP contribution in [0.5, 0.6) is 0 Å². The van der Waals surface area contributed by atoms with E-state index in [1.807, 2.05) is 0 Å². The fraction of sp³-hybridized carbons (Fsp3) is 0.182. The Labute approximate surface area is 107 Å². The lowest BCUT2D eigenvalue weighted by atomic mass is 10.1. The van der Waals surface area contributed by atoms with E-state index in [4.69, 9.17) is 23.2 Å². The lowest BCUT2D eigenvalue weighted by Gasteiger charge is -2.13. The van der Waals surface area contributed by atoms with Gasteiger partial charge in [0.15, 0.2) is 0 Å². The Hall–Kier alpha value is -1.10. The van der Waals surface area contributed by atoms with E-state index in [2.05, 4.69) is 5.10 Å². The van der Waals surface area contributed by atoms with Gasteiger partial charge in [-0.2, -0.15) is 5.10 Å². The number of benzene rings is 1. The molecule has 90 valence electrons. The second-order valence-corrected chi connectivity index (χ2v) is 4.38. The summed E-state index contributed by atoms with van der Waals surface area (Å²) in [6, 6.07) is 3.80. The third kappa shape index (κ3) is 2.29. The second-order valence-electron chi connectivity index (χ2n) is 3.57. The topological polar surface area (TPSA) is 38.0 Å². The first kappa shape index (κ1) is 12.4. The van der Waals surface area contributed by atoms with Crippen molar-refractivity contribution >= 4 is 23.2 Å². The first-order valence-corrected chi connectivity index (χ1v) is 5.56. The van der Waals surface area contributed by atoms with Crippen LogP contribution in [0, 0.1) is 5.82 Å². The van der Waals surface area contributed by atoms with Crippen LogP contribution in [0.15, 0.2) is 24.4 Å². The number of nitrogens with zero attached hydrogens (tertiary/aromatic N) is 2. The Balaban J connectivity index is 2.47. The van der Waals surface area contributed by atoms with Crippen molar-refractivity contribution in [1.29, 1.82) is 0 Å². The van der Waals surface area contributed by atoms with E-state index in [9.17, 15) is 9.50 Å². The highest BCUT2D eigenvalue weighted by atomic mass is 35.5. The van der Waals surface area contributed by atoms with Gasteiger partial charge in [0.05, 0.1) is 16.9 Å². The van der Waals surface area contributed by atoms with Gasteiger partial charge in [-0.25, -0.2) is 4.39 Å². The Morgan fingerprint density at radius 1 is 1.35 bits per heavy atom. The van der Waals surface area contributed by atoms with Crippen LogP contribution in [0.2, 0.25) is 10.0 Å². The van der Waals surface area contributed by atoms with E-state index in [1.165, 1.54) is 23.0 Å². The van der Waals surface area contributed by atoms with Crippen molar-refractivity contribution < 1.29 is 9.50 Å². The third-order valence-electron chi connectivity index (χ3n) is 2.45. The third-order valence-corrected chi connectivity index (χ3v) is 3.07. The van der Waals surface area contributed by atoms with Crippen molar-refractivity contribution in [3.05, 3.63) is 51.5 Å². The number of aromatic nitrogens is 2. The number of aryl methyl sites for hydroxylation is 1. The number of hydrogen-bond acceptors (Lipinski definition) is 2. The highest BCUT2D eigenvalue weighted by Gasteiger charge is 2.20. The van der Waals surface area contributed by atoms with Crippen LogP contribution in [0.1, 0.15) is 17.4 Å². The van der Waals surface area contributed by atoms with E-state index >= 15 is 0 Å². The number of aliphatic hydroxyl groups excluding tert-OH is 1. The molecule has 1 unspecified atom stereocenters. The summed E-state index contributed by atoms with van der Waals surface area (Å²) in [5.74, 6) is -0.456. The molecule has 2 rings (SSSR count). The summed E-state index contributed by atoms with van der Waals surface area (Å²) in [6.07, 6.45) is 0.389. The molecule has 2 aromatic rings. The number of halogens is 3. The van der Waals surface area contributed by atoms with Crippen LogP contribution in [-0.2, 0) is 7.05 Å². The van der Waals surface area contributed by atoms with Gasteiger partial charge in [-0.15, -0.1) is 0 Å². The SMILES string of the molecule is Cn1ncc(Cl)c1C(O)c1ccc(F)cc1Cl. The minimum Gasteiger partial charge on any atom is -0.382 e. The molecule has 1 heterocycles. The average molecular weight is 275 g/mol. The fourth-order valence-electron chi connectivity index (χ4n) is 1.60. The molecular formula is C11H9Cl2FN2O. The highest BCUT2D eigenvalue weighted by Crippen LogP contribution is 2.32. The molecule has 1 atom stereocenters. The van der Waals surface area contributed by atoms with E-state index in [0.29, 0.717) is 16.3 Å². The fourth-order valence-corrected chi connectivity index (χ4v) is 2.14. The van der Waals surface area contributed by atoms with Gasteiger partial charge in [-0.1, -0.05) is 29.3 Å². The zero-order valence-electron chi connectivity index (χ0n) is 8.86. The van der Waals surface area contributed by atoms with Crippen molar-refractivity contribution in [2.24, 2.45) is 7.05 Å². The summed E-state index contributed by atoms with van der Waals surface area (Å²) < 4.78 is 14.4. The zero-order valence-corrected chi connectivity index (χ0v) is 10.4. The zero-order chi connectivity index (χ0) is 12.6. The monoisotopic (exact) mass is 274 g/mol. The van der Waals surface area contributed by atoms with E-state index in [0.717, 1.165) is 6.07 Å². The maximum absolute atomic E-state index is 12.9. The molecule has 1 aromatic carbocycles. The van der Waals surface area contributed by atoms with Gasteiger partial charge in [-0.3, -0.25) is 4.68 Å². The Morgan fingerprint density at radius 3 is 2.59 bits per heavy atom. The second kappa shape index (κ2) is 4.64. The Morgan fingerprint density at radius 2 is 2.06 bits per heavy atom. The quantitative estimate of drug-likeness (QED) is 0.915. The number of hydrogen-bond donors (Lipinski definition) is 1. The van der Waals surface area contributed by atoms with Crippen molar-refractivity contribution in [1.82, 2.24) is 9.78 Å². The summed E-state index contributed by atoms with van der Waals surface area (Å²) in [5, 5.41) is 14.6. The van der Waals surface area contributed by atoms with Crippen molar-refractivity contribution in [3.63, 3.8) is 0 Å². The molecule has 17 heavy (non-hydrogen) atoms. The first-order valence-electron chi connectivity index (χ1n) is 4.81. The number of aliphatic hydroxyl groups is 1. The van der Waals surface area contributed by atoms with Crippen molar-refractivity contribution in [3.8, 4) is 0 Å². The molecule has 0 bridgehead atoms. The van der Waals surface area contributed by atoms with Crippen LogP contribution in [-0.4, -0.2) is 14.9 Å². The lowest BCUT2D eigenvalue weighted by molar-refractivity contribution is 0.210. The smallest absolute Gasteiger partial charge is 0.124 e. The van der Waals surface area contributed by atoms with E-state index < -0.39 is 11.9 Å². The molecule has 0 saturated carbocycles. The largest absolute Gasteiger partial charge is 0.382 e. The maximum Gasteiger partial charge on any atom is 0.124 e. The van der Waals surface area contributed by atoms with Crippen molar-refractivity contribution in [2.45, 2.75) is 6.10 Å². The normalized spacial score (nSPS) is 12.8. The molecule has 3 nitrogen and oxygen atoms in total. The number of rotatable bonds is 2. The van der Waals surface area contributed by atoms with E-state index in [1.54, 1.807) is 7.05 Å². The molecule has 1 aromatic heterocycles. The van der Waals surface area contributed by atoms with Crippen LogP contribution < -0.4 is 0 Å². The Kier molecular flexibility index (Phi) is 3.38. The van der Waals surface area contributed by atoms with Gasteiger partial charge in [0.1, 0.15) is 11.9 Å². The summed E-state index contributed by atoms with van der Waals surface area (Å²) in [4.78, 5) is 0. The van der Waals surface area contributed by atoms with Gasteiger partial charge in [0.2, 0.25) is 0 Å². The van der Waals surface area contributed by atoms with E-state index in [-0.39, 0.29) is 5.02 Å². The molecule has 0 aliphatic heterocycles. The summed E-state index contributed by atoms with van der Waals surface area (Å²) in [5.41, 5.74) is 0.804. The molecule has 0 radical (unpaired) electrons. The summed E-state index contributed by atoms with van der Waals surface area (Å²) in [6.45, 7) is 0. The van der Waals surface area contributed by atoms with Crippen LogP contribution in [0.25, 0.3) is 0 Å². The minimum atomic E-state index is -1.04. The minimum absolute atomic E-state index is 0.148. The van der Waals surface area contributed by atoms with Gasteiger partial charge in [0, 0.05) is 17.6 Å². The predicted octanol–water partition coefficient (Wildman–Crippen LogP) is 2.95. The van der Waals surface area contributed by atoms with Gasteiger partial charge in [-0.05, 0) is 12.1 Å². The van der Waals surface area contributed by atoms with Gasteiger partial charge >= 0.3 is 0 Å². The average Bonchev–Trinajstić information content (AvgIpc) is 2.58. The molecule has 0 aliphatic carbocycles. The molecule has 0 spiro atoms. The standard InChI is InChI=1S/C11H9Cl2FN2O/c1-16-10(9(13)5-15-16)11(17)7-3-2-6(14)4-8(7)12/h2-5,11,17H,1H3. The van der Waals surface area contributed by atoms with Gasteiger partial charge in [0.25, 0.3) is 0 Å². The Bertz CT molecular complexity index is 537. The molecule has 0 fully saturated rings. The predicted molar refractivity (Wildman–Crippen MR) is 63.7 cm³/mol. The van der Waals surface area contributed by atoms with Crippen LogP contribution in [0.3, 0.4) is 0 Å². The molecule has 0 amide bonds. The van der Waals surface area contributed by atoms with Crippen LogP contribution in [0.4, 0.5) is 4.39 Å². The first-order chi connectivity index (χ1) is 8.00. The molecule has 0 saturated heterocycles. The summed E-state index contributed by atoms with van der Waals surface area (Å²) >= 11 is 11.8.